The van der Waals surface area contributed by atoms with E-state index in [1.165, 1.54) is 21.8 Å². The van der Waals surface area contributed by atoms with Crippen LogP contribution in [0.15, 0.2) is 77.7 Å². The first-order chi connectivity index (χ1) is 12.6. The Kier molecular flexibility index (Phi) is 4.17. The monoisotopic (exact) mass is 344 g/mol. The minimum atomic E-state index is -0.173. The van der Waals surface area contributed by atoms with Crippen LogP contribution in [0.4, 0.5) is 0 Å². The lowest BCUT2D eigenvalue weighted by Gasteiger charge is -2.35. The highest BCUT2D eigenvalue weighted by molar-refractivity contribution is 5.94. The van der Waals surface area contributed by atoms with E-state index in [2.05, 4.69) is 24.3 Å². The van der Waals surface area contributed by atoms with Gasteiger partial charge in [-0.15, -0.1) is 0 Å². The second-order valence-corrected chi connectivity index (χ2v) is 6.71. The van der Waals surface area contributed by atoms with E-state index in [1.807, 2.05) is 35.2 Å². The molecule has 0 saturated heterocycles. The summed E-state index contributed by atoms with van der Waals surface area (Å²) < 4.78 is 1.47. The number of nitrogens with zero attached hydrogens (tertiary/aromatic N) is 2. The van der Waals surface area contributed by atoms with Crippen LogP contribution >= 0.6 is 0 Å². The lowest BCUT2D eigenvalue weighted by atomic mass is 9.84. The van der Waals surface area contributed by atoms with Crippen LogP contribution in [0.1, 0.15) is 33.0 Å². The number of aryl methyl sites for hydroxylation is 1. The van der Waals surface area contributed by atoms with Crippen molar-refractivity contribution in [2.45, 2.75) is 12.5 Å². The van der Waals surface area contributed by atoms with Gasteiger partial charge in [0.2, 0.25) is 0 Å². The molecule has 26 heavy (non-hydrogen) atoms. The van der Waals surface area contributed by atoms with Gasteiger partial charge < -0.3 is 9.47 Å². The number of pyridine rings is 1. The molecular weight excluding hydrogens is 324 g/mol. The van der Waals surface area contributed by atoms with E-state index in [9.17, 15) is 9.59 Å². The third-order valence-electron chi connectivity index (χ3n) is 5.04. The summed E-state index contributed by atoms with van der Waals surface area (Å²) in [6, 6.07) is 21.7. The lowest BCUT2D eigenvalue weighted by molar-refractivity contribution is 0.0724. The zero-order chi connectivity index (χ0) is 18.1. The molecular formula is C22H20N2O2. The largest absolute Gasteiger partial charge is 0.333 e. The van der Waals surface area contributed by atoms with Crippen molar-refractivity contribution >= 4 is 5.91 Å². The van der Waals surface area contributed by atoms with Crippen LogP contribution in [-0.2, 0) is 13.6 Å². The van der Waals surface area contributed by atoms with Gasteiger partial charge in [0.25, 0.3) is 11.5 Å². The first kappa shape index (κ1) is 16.3. The van der Waals surface area contributed by atoms with E-state index in [0.717, 1.165) is 5.56 Å². The van der Waals surface area contributed by atoms with E-state index in [0.29, 0.717) is 18.7 Å². The van der Waals surface area contributed by atoms with Gasteiger partial charge in [0.1, 0.15) is 0 Å². The molecule has 1 aliphatic heterocycles. The van der Waals surface area contributed by atoms with Crippen molar-refractivity contribution in [3.63, 3.8) is 0 Å². The molecule has 2 heterocycles. The number of benzene rings is 2. The Morgan fingerprint density at radius 1 is 1.00 bits per heavy atom. The van der Waals surface area contributed by atoms with E-state index < -0.39 is 0 Å². The van der Waals surface area contributed by atoms with Gasteiger partial charge in [-0.25, -0.2) is 0 Å². The predicted molar refractivity (Wildman–Crippen MR) is 101 cm³/mol. The Labute approximate surface area is 152 Å². The van der Waals surface area contributed by atoms with Gasteiger partial charge in [-0.1, -0.05) is 54.6 Å². The van der Waals surface area contributed by atoms with Gasteiger partial charge in [-0.2, -0.15) is 0 Å². The molecule has 1 aliphatic rings. The van der Waals surface area contributed by atoms with Gasteiger partial charge >= 0.3 is 0 Å². The molecule has 0 N–H and O–H groups in total. The number of carbonyl (C=O) groups is 1. The molecule has 3 aromatic rings. The molecule has 0 unspecified atom stereocenters. The highest BCUT2D eigenvalue weighted by atomic mass is 16.2. The summed E-state index contributed by atoms with van der Waals surface area (Å²) in [7, 11) is 1.68. The van der Waals surface area contributed by atoms with Crippen LogP contribution in [0.25, 0.3) is 0 Å². The van der Waals surface area contributed by atoms with Crippen LogP contribution in [0.2, 0.25) is 0 Å². The van der Waals surface area contributed by atoms with Crippen molar-refractivity contribution in [2.24, 2.45) is 7.05 Å². The predicted octanol–water partition coefficient (Wildman–Crippen LogP) is 3.17. The summed E-state index contributed by atoms with van der Waals surface area (Å²) in [5.74, 6) is 0.0368. The average molecular weight is 344 g/mol. The van der Waals surface area contributed by atoms with Crippen LogP contribution in [0.5, 0.6) is 0 Å². The van der Waals surface area contributed by atoms with Crippen LogP contribution < -0.4 is 5.56 Å². The standard InChI is InChI=1S/C22H20N2O2/c1-23-12-11-17(13-21(23)25)22(26)24-14-18-9-5-6-10-19(18)20(15-24)16-7-3-2-4-8-16/h2-13,20H,14-15H2,1H3/t20-/m1/s1. The lowest BCUT2D eigenvalue weighted by Crippen LogP contribution is -2.39. The maximum Gasteiger partial charge on any atom is 0.254 e. The van der Waals surface area contributed by atoms with Crippen LogP contribution in [-0.4, -0.2) is 21.9 Å². The molecule has 2 aromatic carbocycles. The van der Waals surface area contributed by atoms with Crippen LogP contribution in [0.3, 0.4) is 0 Å². The molecule has 1 atom stereocenters. The van der Waals surface area contributed by atoms with Crippen molar-refractivity contribution in [3.05, 3.63) is 106 Å². The molecule has 0 radical (unpaired) electrons. The Bertz CT molecular complexity index is 1010. The number of hydrogen-bond donors (Lipinski definition) is 0. The molecule has 4 nitrogen and oxygen atoms in total. The number of rotatable bonds is 2. The maximum atomic E-state index is 13.0. The molecule has 1 aromatic heterocycles. The molecule has 0 fully saturated rings. The summed E-state index contributed by atoms with van der Waals surface area (Å²) in [6.45, 7) is 1.17. The third-order valence-corrected chi connectivity index (χ3v) is 5.04. The van der Waals surface area contributed by atoms with Gasteiger partial charge in [0.15, 0.2) is 0 Å². The summed E-state index contributed by atoms with van der Waals surface area (Å²) in [6.07, 6.45) is 1.64. The zero-order valence-electron chi connectivity index (χ0n) is 14.6. The second kappa shape index (κ2) is 6.64. The zero-order valence-corrected chi connectivity index (χ0v) is 14.6. The first-order valence-corrected chi connectivity index (χ1v) is 8.72. The summed E-state index contributed by atoms with van der Waals surface area (Å²) in [5.41, 5.74) is 3.89. The summed E-state index contributed by atoms with van der Waals surface area (Å²) in [5, 5.41) is 0. The topological polar surface area (TPSA) is 42.3 Å². The highest BCUT2D eigenvalue weighted by Gasteiger charge is 2.29. The quantitative estimate of drug-likeness (QED) is 0.717. The highest BCUT2D eigenvalue weighted by Crippen LogP contribution is 2.33. The summed E-state index contributed by atoms with van der Waals surface area (Å²) in [4.78, 5) is 26.8. The number of hydrogen-bond acceptors (Lipinski definition) is 2. The second-order valence-electron chi connectivity index (χ2n) is 6.71. The molecule has 1 amide bonds. The van der Waals surface area contributed by atoms with Crippen molar-refractivity contribution in [1.82, 2.24) is 9.47 Å². The van der Waals surface area contributed by atoms with Gasteiger partial charge in [0.05, 0.1) is 0 Å². The van der Waals surface area contributed by atoms with Crippen molar-refractivity contribution in [3.8, 4) is 0 Å². The van der Waals surface area contributed by atoms with Gasteiger partial charge in [0, 0.05) is 43.9 Å². The van der Waals surface area contributed by atoms with Crippen molar-refractivity contribution in [1.29, 1.82) is 0 Å². The molecule has 0 aliphatic carbocycles. The minimum Gasteiger partial charge on any atom is -0.333 e. The molecule has 0 bridgehead atoms. The SMILES string of the molecule is Cn1ccc(C(=O)N2Cc3ccccc3[C@@H](c3ccccc3)C2)cc1=O. The van der Waals surface area contributed by atoms with E-state index >= 15 is 0 Å². The number of fused-ring (bicyclic) bond motifs is 1. The Hall–Kier alpha value is -3.14. The summed E-state index contributed by atoms with van der Waals surface area (Å²) >= 11 is 0. The number of carbonyl (C=O) groups excluding carboxylic acids is 1. The van der Waals surface area contributed by atoms with E-state index in [4.69, 9.17) is 0 Å². The molecule has 4 heteroatoms. The third kappa shape index (κ3) is 2.94. The fourth-order valence-corrected chi connectivity index (χ4v) is 3.60. The van der Waals surface area contributed by atoms with Crippen molar-refractivity contribution < 1.29 is 4.79 Å². The number of amides is 1. The van der Waals surface area contributed by atoms with Gasteiger partial charge in [-0.3, -0.25) is 9.59 Å². The van der Waals surface area contributed by atoms with E-state index in [1.54, 1.807) is 19.3 Å². The molecule has 0 saturated carbocycles. The fraction of sp³-hybridized carbons (Fsp3) is 0.182. The Balaban J connectivity index is 1.72. The van der Waals surface area contributed by atoms with Crippen molar-refractivity contribution in [2.75, 3.05) is 6.54 Å². The molecule has 0 spiro atoms. The normalized spacial score (nSPS) is 16.2. The Morgan fingerprint density at radius 3 is 2.50 bits per heavy atom. The number of aromatic nitrogens is 1. The molecule has 4 rings (SSSR count). The average Bonchev–Trinajstić information content (AvgIpc) is 2.69. The smallest absolute Gasteiger partial charge is 0.254 e. The molecule has 130 valence electrons. The minimum absolute atomic E-state index is 0.0989. The van der Waals surface area contributed by atoms with Gasteiger partial charge in [-0.05, 0) is 22.8 Å². The first-order valence-electron chi connectivity index (χ1n) is 8.72. The Morgan fingerprint density at radius 2 is 1.73 bits per heavy atom. The van der Waals surface area contributed by atoms with Crippen LogP contribution in [0, 0.1) is 0 Å². The van der Waals surface area contributed by atoms with E-state index in [-0.39, 0.29) is 17.4 Å². The maximum absolute atomic E-state index is 13.0. The fourth-order valence-electron chi connectivity index (χ4n) is 3.60.